The first-order valence-corrected chi connectivity index (χ1v) is 11.1. The van der Waals surface area contributed by atoms with Gasteiger partial charge in [-0.3, -0.25) is 18.6 Å². The van der Waals surface area contributed by atoms with Crippen molar-refractivity contribution in [2.45, 2.75) is 43.4 Å². The lowest BCUT2D eigenvalue weighted by Crippen LogP contribution is -2.24. The number of aryl methyl sites for hydroxylation is 1. The zero-order chi connectivity index (χ0) is 23.8. The third-order valence-electron chi connectivity index (χ3n) is 5.06. The van der Waals surface area contributed by atoms with Crippen LogP contribution >= 0.6 is 11.8 Å². The van der Waals surface area contributed by atoms with E-state index in [1.807, 2.05) is 6.92 Å². The van der Waals surface area contributed by atoms with Crippen LogP contribution in [0.2, 0.25) is 0 Å². The van der Waals surface area contributed by atoms with Gasteiger partial charge in [0.05, 0.1) is 21.7 Å². The minimum Gasteiger partial charge on any atom is -0.325 e. The molecule has 1 atom stereocenters. The molecule has 0 spiro atoms. The molecule has 7 nitrogen and oxygen atoms in total. The number of carbonyl (C=O) groups is 1. The largest absolute Gasteiger partial charge is 0.416 e. The number of anilines is 1. The first-order valence-electron chi connectivity index (χ1n) is 10.2. The number of amides is 1. The van der Waals surface area contributed by atoms with E-state index in [2.05, 4.69) is 15.5 Å². The Balaban J connectivity index is 1.62. The van der Waals surface area contributed by atoms with Gasteiger partial charge < -0.3 is 5.32 Å². The van der Waals surface area contributed by atoms with Crippen molar-refractivity contribution in [2.75, 3.05) is 5.32 Å². The number of halogens is 3. The Labute approximate surface area is 190 Å². The lowest BCUT2D eigenvalue weighted by molar-refractivity contribution is -0.137. The highest BCUT2D eigenvalue weighted by molar-refractivity contribution is 8.00. The fourth-order valence-electron chi connectivity index (χ4n) is 3.43. The van der Waals surface area contributed by atoms with Gasteiger partial charge in [-0.05, 0) is 49.7 Å². The zero-order valence-electron chi connectivity index (χ0n) is 17.8. The Morgan fingerprint density at radius 3 is 2.48 bits per heavy atom. The molecule has 1 unspecified atom stereocenters. The number of aromatic nitrogens is 4. The van der Waals surface area contributed by atoms with Gasteiger partial charge in [-0.1, -0.05) is 30.8 Å². The topological polar surface area (TPSA) is 81.3 Å². The second-order valence-electron chi connectivity index (χ2n) is 7.42. The van der Waals surface area contributed by atoms with Crippen molar-refractivity contribution in [3.63, 3.8) is 0 Å². The molecule has 4 rings (SSSR count). The van der Waals surface area contributed by atoms with E-state index < -0.39 is 22.9 Å². The van der Waals surface area contributed by atoms with Gasteiger partial charge in [0, 0.05) is 12.2 Å². The molecule has 33 heavy (non-hydrogen) atoms. The Kier molecular flexibility index (Phi) is 6.15. The highest BCUT2D eigenvalue weighted by Gasteiger charge is 2.30. The highest BCUT2D eigenvalue weighted by Crippen LogP contribution is 2.30. The van der Waals surface area contributed by atoms with Crippen LogP contribution in [-0.2, 0) is 17.5 Å². The number of para-hydroxylation sites is 1. The molecule has 2 heterocycles. The summed E-state index contributed by atoms with van der Waals surface area (Å²) < 4.78 is 41.5. The minimum absolute atomic E-state index is 0.156. The van der Waals surface area contributed by atoms with Crippen LogP contribution in [0.5, 0.6) is 0 Å². The summed E-state index contributed by atoms with van der Waals surface area (Å²) >= 11 is 1.14. The van der Waals surface area contributed by atoms with Crippen LogP contribution in [0, 0.1) is 0 Å². The number of nitrogens with zero attached hydrogens (tertiary/aromatic N) is 4. The Hall–Kier alpha value is -3.34. The molecule has 0 fully saturated rings. The van der Waals surface area contributed by atoms with Crippen LogP contribution in [0.1, 0.15) is 25.8 Å². The van der Waals surface area contributed by atoms with E-state index in [-0.39, 0.29) is 11.2 Å². The van der Waals surface area contributed by atoms with Crippen LogP contribution < -0.4 is 10.9 Å². The number of benzene rings is 2. The summed E-state index contributed by atoms with van der Waals surface area (Å²) in [6.07, 6.45) is -3.71. The van der Waals surface area contributed by atoms with E-state index in [4.69, 9.17) is 0 Å². The Bertz CT molecular complexity index is 1380. The van der Waals surface area contributed by atoms with Crippen LogP contribution in [0.25, 0.3) is 16.7 Å². The second-order valence-corrected chi connectivity index (χ2v) is 8.72. The van der Waals surface area contributed by atoms with Gasteiger partial charge in [-0.2, -0.15) is 13.2 Å². The maximum absolute atomic E-state index is 12.9. The number of rotatable bonds is 6. The molecule has 0 aliphatic heterocycles. The number of nitrogens with one attached hydrogen (secondary N) is 1. The van der Waals surface area contributed by atoms with Gasteiger partial charge in [0.2, 0.25) is 11.7 Å². The van der Waals surface area contributed by atoms with Crippen molar-refractivity contribution < 1.29 is 18.0 Å². The predicted molar refractivity (Wildman–Crippen MR) is 120 cm³/mol. The van der Waals surface area contributed by atoms with Gasteiger partial charge in [0.25, 0.3) is 5.56 Å². The molecule has 172 valence electrons. The van der Waals surface area contributed by atoms with Gasteiger partial charge in [0.15, 0.2) is 5.16 Å². The summed E-state index contributed by atoms with van der Waals surface area (Å²) in [5, 5.41) is 11.3. The molecular formula is C22H20F3N5O2S. The Morgan fingerprint density at radius 2 is 1.82 bits per heavy atom. The van der Waals surface area contributed by atoms with Crippen LogP contribution in [0.3, 0.4) is 0 Å². The summed E-state index contributed by atoms with van der Waals surface area (Å²) in [7, 11) is 0. The zero-order valence-corrected chi connectivity index (χ0v) is 18.6. The maximum atomic E-state index is 12.9. The van der Waals surface area contributed by atoms with E-state index in [0.717, 1.165) is 30.3 Å². The predicted octanol–water partition coefficient (Wildman–Crippen LogP) is 4.59. The van der Waals surface area contributed by atoms with Crippen molar-refractivity contribution in [2.24, 2.45) is 0 Å². The lowest BCUT2D eigenvalue weighted by atomic mass is 10.2. The average Bonchev–Trinajstić information content (AvgIpc) is 3.20. The number of hydrogen-bond donors (Lipinski definition) is 1. The standard InChI is InChI=1S/C22H20F3N5O2S/c1-3-12-29-19(32)16-6-4-5-7-17(16)30-20(29)27-28-21(30)33-13(2)18(31)26-15-10-8-14(9-11-15)22(23,24)25/h4-11,13H,3,12H2,1-2H3,(H,26,31). The monoisotopic (exact) mass is 475 g/mol. The first-order chi connectivity index (χ1) is 15.7. The van der Waals surface area contributed by atoms with Crippen molar-refractivity contribution in [3.05, 3.63) is 64.4 Å². The van der Waals surface area contributed by atoms with Crippen molar-refractivity contribution in [1.29, 1.82) is 0 Å². The van der Waals surface area contributed by atoms with E-state index in [0.29, 0.717) is 28.4 Å². The molecule has 4 aromatic rings. The molecule has 0 aliphatic rings. The maximum Gasteiger partial charge on any atom is 0.416 e. The fourth-order valence-corrected chi connectivity index (χ4v) is 4.29. The number of carbonyl (C=O) groups excluding carboxylic acids is 1. The van der Waals surface area contributed by atoms with Crippen LogP contribution in [0.4, 0.5) is 18.9 Å². The third kappa shape index (κ3) is 4.45. The van der Waals surface area contributed by atoms with Crippen molar-refractivity contribution in [1.82, 2.24) is 19.2 Å². The summed E-state index contributed by atoms with van der Waals surface area (Å²) in [5.74, 6) is -0.0129. The number of thioether (sulfide) groups is 1. The molecule has 0 radical (unpaired) electrons. The molecule has 0 bridgehead atoms. The normalized spacial score (nSPS) is 12.9. The molecule has 0 saturated carbocycles. The SMILES string of the molecule is CCCn1c(=O)c2ccccc2n2c(SC(C)C(=O)Nc3ccc(C(F)(F)F)cc3)nnc12. The highest BCUT2D eigenvalue weighted by atomic mass is 32.2. The molecule has 2 aromatic carbocycles. The summed E-state index contributed by atoms with van der Waals surface area (Å²) in [4.78, 5) is 25.6. The summed E-state index contributed by atoms with van der Waals surface area (Å²) in [6, 6.07) is 11.4. The molecule has 0 saturated heterocycles. The smallest absolute Gasteiger partial charge is 0.325 e. The fraction of sp³-hybridized carbons (Fsp3) is 0.273. The minimum atomic E-state index is -4.44. The first kappa shape index (κ1) is 22.8. The third-order valence-corrected chi connectivity index (χ3v) is 6.10. The molecule has 11 heteroatoms. The molecule has 0 aliphatic carbocycles. The van der Waals surface area contributed by atoms with E-state index >= 15 is 0 Å². The molecular weight excluding hydrogens is 455 g/mol. The molecule has 1 amide bonds. The van der Waals surface area contributed by atoms with Crippen molar-refractivity contribution >= 4 is 40.0 Å². The van der Waals surface area contributed by atoms with Gasteiger partial charge in [-0.25, -0.2) is 0 Å². The number of hydrogen-bond acceptors (Lipinski definition) is 5. The van der Waals surface area contributed by atoms with E-state index in [9.17, 15) is 22.8 Å². The molecule has 2 aromatic heterocycles. The van der Waals surface area contributed by atoms with Crippen LogP contribution in [0.15, 0.2) is 58.5 Å². The molecule has 1 N–H and O–H groups in total. The van der Waals surface area contributed by atoms with E-state index in [1.165, 1.54) is 12.1 Å². The summed E-state index contributed by atoms with van der Waals surface area (Å²) in [5.41, 5.74) is -0.0543. The quantitative estimate of drug-likeness (QED) is 0.413. The summed E-state index contributed by atoms with van der Waals surface area (Å²) in [6.45, 7) is 4.09. The van der Waals surface area contributed by atoms with Gasteiger partial charge in [-0.15, -0.1) is 10.2 Å². The lowest BCUT2D eigenvalue weighted by Gasteiger charge is -2.13. The average molecular weight is 475 g/mol. The van der Waals surface area contributed by atoms with Gasteiger partial charge >= 0.3 is 6.18 Å². The number of fused-ring (bicyclic) bond motifs is 3. The van der Waals surface area contributed by atoms with Gasteiger partial charge in [0.1, 0.15) is 0 Å². The number of alkyl halides is 3. The van der Waals surface area contributed by atoms with E-state index in [1.54, 1.807) is 40.2 Å². The van der Waals surface area contributed by atoms with Crippen LogP contribution in [-0.4, -0.2) is 30.3 Å². The second kappa shape index (κ2) is 8.89. The van der Waals surface area contributed by atoms with Crippen molar-refractivity contribution in [3.8, 4) is 0 Å². The Morgan fingerprint density at radius 1 is 1.12 bits per heavy atom.